The molecule has 4 heterocycles. The van der Waals surface area contributed by atoms with Crippen LogP contribution in [0.25, 0.3) is 22.2 Å². The number of likely N-dealkylation sites (tertiary alicyclic amines) is 2. The molecule has 1 spiro atoms. The predicted octanol–water partition coefficient (Wildman–Crippen LogP) is 6.41. The number of amides is 2. The van der Waals surface area contributed by atoms with Gasteiger partial charge in [0.15, 0.2) is 0 Å². The molecule has 2 aliphatic carbocycles. The number of sulfonamides is 1. The van der Waals surface area contributed by atoms with E-state index in [0.717, 1.165) is 92.5 Å². The molecule has 8 rings (SSSR count). The second-order valence-electron chi connectivity index (χ2n) is 15.9. The van der Waals surface area contributed by atoms with Crippen LogP contribution < -0.4 is 9.46 Å². The molecule has 1 aromatic heterocycles. The number of fused-ring (bicyclic) bond motifs is 7. The number of rotatable bonds is 6. The van der Waals surface area contributed by atoms with Gasteiger partial charge in [-0.15, -0.1) is 0 Å². The zero-order chi connectivity index (χ0) is 34.3. The third kappa shape index (κ3) is 5.22. The van der Waals surface area contributed by atoms with E-state index in [-0.39, 0.29) is 17.4 Å². The number of nitrogens with zero attached hydrogens (tertiary/aromatic N) is 3. The van der Waals surface area contributed by atoms with Crippen LogP contribution in [0.3, 0.4) is 0 Å². The van der Waals surface area contributed by atoms with Crippen LogP contribution in [0.1, 0.15) is 111 Å². The normalized spacial score (nSPS) is 25.2. The number of hydrogen-bond donors (Lipinski definition) is 1. The summed E-state index contributed by atoms with van der Waals surface area (Å²) >= 11 is 0. The van der Waals surface area contributed by atoms with Crippen LogP contribution in [0, 0.1) is 5.41 Å². The van der Waals surface area contributed by atoms with E-state index >= 15 is 4.79 Å². The van der Waals surface area contributed by atoms with Gasteiger partial charge in [-0.05, 0) is 113 Å². The van der Waals surface area contributed by atoms with Gasteiger partial charge in [0.2, 0.25) is 15.9 Å². The Morgan fingerprint density at radius 2 is 1.71 bits per heavy atom. The predicted molar refractivity (Wildman–Crippen MR) is 191 cm³/mol. The number of carbonyl (C=O) groups excluding carboxylic acids is 2. The van der Waals surface area contributed by atoms with Gasteiger partial charge in [-0.3, -0.25) is 9.59 Å². The van der Waals surface area contributed by atoms with Crippen LogP contribution in [0.4, 0.5) is 0 Å². The third-order valence-corrected chi connectivity index (χ3v) is 14.5. The first-order valence-electron chi connectivity index (χ1n) is 18.4. The number of methoxy groups -OCH3 is 1. The van der Waals surface area contributed by atoms with Crippen molar-refractivity contribution >= 4 is 32.7 Å². The summed E-state index contributed by atoms with van der Waals surface area (Å²) in [5.74, 6) is 0.894. The topological polar surface area (TPSA) is 101 Å². The molecule has 1 N–H and O–H groups in total. The highest BCUT2D eigenvalue weighted by atomic mass is 32.2. The van der Waals surface area contributed by atoms with E-state index < -0.39 is 26.6 Å². The van der Waals surface area contributed by atoms with E-state index in [4.69, 9.17) is 4.74 Å². The van der Waals surface area contributed by atoms with Gasteiger partial charge in [-0.2, -0.15) is 0 Å². The number of benzene rings is 2. The summed E-state index contributed by atoms with van der Waals surface area (Å²) in [5, 5.41) is 0.369. The van der Waals surface area contributed by atoms with E-state index in [1.807, 2.05) is 18.2 Å². The van der Waals surface area contributed by atoms with Crippen molar-refractivity contribution in [2.24, 2.45) is 5.41 Å². The number of carbonyl (C=O) groups is 2. The molecule has 4 fully saturated rings. The summed E-state index contributed by atoms with van der Waals surface area (Å²) in [7, 11) is 0.0761. The van der Waals surface area contributed by atoms with Crippen LogP contribution >= 0.6 is 0 Å². The lowest BCUT2D eigenvalue weighted by Gasteiger charge is -2.45. The maximum atomic E-state index is 15.2. The Hall–Kier alpha value is -3.37. The summed E-state index contributed by atoms with van der Waals surface area (Å²) < 4.78 is 35.8. The van der Waals surface area contributed by atoms with Crippen molar-refractivity contribution in [3.05, 3.63) is 53.1 Å². The summed E-state index contributed by atoms with van der Waals surface area (Å²) in [5.41, 5.74) is 5.34. The molecular formula is C39H50N4O5S. The Kier molecular flexibility index (Phi) is 7.94. The van der Waals surface area contributed by atoms with Crippen LogP contribution in [-0.4, -0.2) is 79.2 Å². The standard InChI is InChI=1S/C39H50N4O5S/c1-25(2)49(46,47)40-36(44)27-11-13-30-33(21-27)42-24-39(37(45)43-18-8-15-38(43)16-19-41(3)20-17-38)23-32(39)31-22-28(48-4)12-14-29(31)35(42)34(30)26-9-6-5-7-10-26/h11-14,21-22,25-26,32H,5-10,15-20,23-24H2,1-4H3,(H,40,44). The first-order chi connectivity index (χ1) is 23.5. The number of piperidine rings is 1. The lowest BCUT2D eigenvalue weighted by atomic mass is 9.81. The molecule has 2 amide bonds. The molecule has 10 heteroatoms. The molecule has 3 aliphatic heterocycles. The maximum Gasteiger partial charge on any atom is 0.264 e. The van der Waals surface area contributed by atoms with Crippen molar-refractivity contribution in [2.75, 3.05) is 33.8 Å². The van der Waals surface area contributed by atoms with Gasteiger partial charge in [0, 0.05) is 59.7 Å². The van der Waals surface area contributed by atoms with Crippen molar-refractivity contribution in [3.63, 3.8) is 0 Å². The number of nitrogens with one attached hydrogen (secondary N) is 1. The zero-order valence-corrected chi connectivity index (χ0v) is 30.2. The van der Waals surface area contributed by atoms with Gasteiger partial charge in [-0.25, -0.2) is 13.1 Å². The SMILES string of the molecule is COc1ccc2c(c1)C1CC1(C(=O)N1CCCC13CCN(C)CC3)Cn1c-2c(C2CCCCC2)c2ccc(C(=O)NS(=O)(=O)C(C)C)cc21. The zero-order valence-electron chi connectivity index (χ0n) is 29.4. The maximum absolute atomic E-state index is 15.2. The average molecular weight is 687 g/mol. The number of hydrogen-bond acceptors (Lipinski definition) is 6. The average Bonchev–Trinajstić information content (AvgIpc) is 3.59. The van der Waals surface area contributed by atoms with E-state index in [1.165, 1.54) is 30.4 Å². The summed E-state index contributed by atoms with van der Waals surface area (Å²) in [4.78, 5) is 33.3. The third-order valence-electron chi connectivity index (χ3n) is 12.8. The van der Waals surface area contributed by atoms with Crippen LogP contribution in [0.5, 0.6) is 5.75 Å². The monoisotopic (exact) mass is 686 g/mol. The number of ether oxygens (including phenoxy) is 1. The minimum absolute atomic E-state index is 0.0724. The first kappa shape index (κ1) is 32.8. The van der Waals surface area contributed by atoms with Gasteiger partial charge in [0.25, 0.3) is 5.91 Å². The minimum Gasteiger partial charge on any atom is -0.497 e. The largest absolute Gasteiger partial charge is 0.497 e. The fourth-order valence-corrected chi connectivity index (χ4v) is 10.4. The molecule has 0 bridgehead atoms. The van der Waals surface area contributed by atoms with E-state index in [9.17, 15) is 13.2 Å². The Morgan fingerprint density at radius 1 is 0.959 bits per heavy atom. The van der Waals surface area contributed by atoms with Gasteiger partial charge in [-0.1, -0.05) is 25.3 Å². The smallest absolute Gasteiger partial charge is 0.264 e. The number of aromatic nitrogens is 1. The van der Waals surface area contributed by atoms with Crippen molar-refractivity contribution < 1.29 is 22.7 Å². The molecule has 49 heavy (non-hydrogen) atoms. The highest BCUT2D eigenvalue weighted by Gasteiger charge is 2.65. The minimum atomic E-state index is -3.80. The summed E-state index contributed by atoms with van der Waals surface area (Å²) in [6.45, 7) is 6.49. The molecule has 2 unspecified atom stereocenters. The lowest BCUT2D eigenvalue weighted by Crippen LogP contribution is -2.55. The fourth-order valence-electron chi connectivity index (χ4n) is 9.81. The quantitative estimate of drug-likeness (QED) is 0.322. The lowest BCUT2D eigenvalue weighted by molar-refractivity contribution is -0.143. The molecule has 0 radical (unpaired) electrons. The second kappa shape index (κ2) is 11.9. The molecule has 262 valence electrons. The van der Waals surface area contributed by atoms with Crippen molar-refractivity contribution in [1.82, 2.24) is 19.1 Å². The van der Waals surface area contributed by atoms with Gasteiger partial charge >= 0.3 is 0 Å². The summed E-state index contributed by atoms with van der Waals surface area (Å²) in [6.07, 6.45) is 10.7. The van der Waals surface area contributed by atoms with Crippen molar-refractivity contribution in [3.8, 4) is 17.0 Å². The summed E-state index contributed by atoms with van der Waals surface area (Å²) in [6, 6.07) is 12.0. The van der Waals surface area contributed by atoms with Crippen LogP contribution in [0.2, 0.25) is 0 Å². The van der Waals surface area contributed by atoms with E-state index in [1.54, 1.807) is 27.0 Å². The molecule has 2 saturated heterocycles. The molecule has 2 saturated carbocycles. The molecule has 9 nitrogen and oxygen atoms in total. The van der Waals surface area contributed by atoms with Gasteiger partial charge in [0.05, 0.1) is 23.5 Å². The van der Waals surface area contributed by atoms with Crippen LogP contribution in [0.15, 0.2) is 36.4 Å². The highest BCUT2D eigenvalue weighted by Crippen LogP contribution is 2.67. The Labute approximate surface area is 290 Å². The van der Waals surface area contributed by atoms with Gasteiger partial charge in [0.1, 0.15) is 5.75 Å². The highest BCUT2D eigenvalue weighted by molar-refractivity contribution is 7.90. The Bertz CT molecular complexity index is 1940. The first-order valence-corrected chi connectivity index (χ1v) is 19.9. The molecule has 2 atom stereocenters. The molecule has 2 aromatic carbocycles. The van der Waals surface area contributed by atoms with Crippen molar-refractivity contribution in [1.29, 1.82) is 0 Å². The van der Waals surface area contributed by atoms with Gasteiger partial charge < -0.3 is 19.1 Å². The van der Waals surface area contributed by atoms with Crippen LogP contribution in [-0.2, 0) is 21.4 Å². The second-order valence-corrected chi connectivity index (χ2v) is 18.1. The van der Waals surface area contributed by atoms with Crippen molar-refractivity contribution in [2.45, 2.75) is 107 Å². The van der Waals surface area contributed by atoms with E-state index in [0.29, 0.717) is 18.0 Å². The Morgan fingerprint density at radius 3 is 2.43 bits per heavy atom. The molecule has 3 aromatic rings. The fraction of sp³-hybridized carbons (Fsp3) is 0.590. The van der Waals surface area contributed by atoms with E-state index in [2.05, 4.69) is 38.3 Å². The molecule has 5 aliphatic rings. The molecular weight excluding hydrogens is 637 g/mol. The Balaban J connectivity index is 1.31.